The van der Waals surface area contributed by atoms with Gasteiger partial charge in [-0.2, -0.15) is 0 Å². The number of nitrogen functional groups attached to an aromatic ring is 1. The maximum absolute atomic E-state index is 10.0. The van der Waals surface area contributed by atoms with Gasteiger partial charge in [0, 0.05) is 17.5 Å². The van der Waals surface area contributed by atoms with E-state index in [9.17, 15) is 5.11 Å². The van der Waals surface area contributed by atoms with E-state index in [2.05, 4.69) is 9.97 Å². The quantitative estimate of drug-likeness (QED) is 0.514. The summed E-state index contributed by atoms with van der Waals surface area (Å²) in [6.45, 7) is 2.43. The van der Waals surface area contributed by atoms with Crippen molar-refractivity contribution in [3.05, 3.63) is 35.5 Å². The van der Waals surface area contributed by atoms with E-state index in [4.69, 9.17) is 19.9 Å². The minimum absolute atomic E-state index is 0.211. The number of rotatable bonds is 9. The van der Waals surface area contributed by atoms with Crippen molar-refractivity contribution in [3.8, 4) is 11.5 Å². The molecule has 7 nitrogen and oxygen atoms in total. The zero-order chi connectivity index (χ0) is 18.2. The van der Waals surface area contributed by atoms with Crippen molar-refractivity contribution >= 4 is 17.6 Å². The highest BCUT2D eigenvalue weighted by Gasteiger charge is 2.09. The van der Waals surface area contributed by atoms with Crippen LogP contribution in [0.3, 0.4) is 0 Å². The number of aliphatic hydroxyl groups is 1. The fourth-order valence-electron chi connectivity index (χ4n) is 2.13. The van der Waals surface area contributed by atoms with Crippen LogP contribution < -0.4 is 15.2 Å². The van der Waals surface area contributed by atoms with Crippen LogP contribution in [0, 0.1) is 6.92 Å². The third-order valence-corrected chi connectivity index (χ3v) is 4.28. The Morgan fingerprint density at radius 3 is 2.60 bits per heavy atom. The Kier molecular flexibility index (Phi) is 7.30. The zero-order valence-corrected chi connectivity index (χ0v) is 15.4. The standard InChI is InChI=1S/C17H23N3O4S/c1-11-6-16(18)20-17(19-11)25-10-13(21)9-24-8-12-4-5-14(22-2)15(7-12)23-3/h4-7,13,21H,8-10H2,1-3H3,(H2,18,19,20). The number of nitrogens with two attached hydrogens (primary N) is 1. The van der Waals surface area contributed by atoms with Crippen LogP contribution in [0.4, 0.5) is 5.82 Å². The second kappa shape index (κ2) is 9.45. The first kappa shape index (κ1) is 19.3. The van der Waals surface area contributed by atoms with E-state index in [1.165, 1.54) is 11.8 Å². The van der Waals surface area contributed by atoms with E-state index >= 15 is 0 Å². The highest BCUT2D eigenvalue weighted by atomic mass is 32.2. The van der Waals surface area contributed by atoms with Crippen LogP contribution in [-0.4, -0.2) is 47.8 Å². The highest BCUT2D eigenvalue weighted by Crippen LogP contribution is 2.27. The number of thioether (sulfide) groups is 1. The van der Waals surface area contributed by atoms with Gasteiger partial charge in [-0.1, -0.05) is 17.8 Å². The fourth-order valence-corrected chi connectivity index (χ4v) is 2.95. The SMILES string of the molecule is COc1ccc(COCC(O)CSc2nc(C)cc(N)n2)cc1OC. The van der Waals surface area contributed by atoms with Gasteiger partial charge in [-0.15, -0.1) is 0 Å². The molecule has 0 aliphatic heterocycles. The lowest BCUT2D eigenvalue weighted by molar-refractivity contribution is 0.0397. The number of nitrogens with zero attached hydrogens (tertiary/aromatic N) is 2. The molecule has 0 saturated heterocycles. The molecule has 0 amide bonds. The number of anilines is 1. The molecule has 1 atom stereocenters. The van der Waals surface area contributed by atoms with Crippen LogP contribution in [0.1, 0.15) is 11.3 Å². The molecule has 0 spiro atoms. The van der Waals surface area contributed by atoms with Crippen molar-refractivity contribution in [1.82, 2.24) is 9.97 Å². The van der Waals surface area contributed by atoms with Gasteiger partial charge in [-0.25, -0.2) is 9.97 Å². The predicted octanol–water partition coefficient (Wildman–Crippen LogP) is 2.05. The molecule has 1 aromatic heterocycles. The van der Waals surface area contributed by atoms with Crippen molar-refractivity contribution in [2.24, 2.45) is 0 Å². The maximum Gasteiger partial charge on any atom is 0.189 e. The first-order chi connectivity index (χ1) is 12.0. The predicted molar refractivity (Wildman–Crippen MR) is 97.1 cm³/mol. The van der Waals surface area contributed by atoms with Gasteiger partial charge in [0.1, 0.15) is 5.82 Å². The first-order valence-electron chi connectivity index (χ1n) is 7.72. The van der Waals surface area contributed by atoms with Gasteiger partial charge >= 0.3 is 0 Å². The average Bonchev–Trinajstić information content (AvgIpc) is 2.59. The Morgan fingerprint density at radius 2 is 1.92 bits per heavy atom. The lowest BCUT2D eigenvalue weighted by atomic mass is 10.2. The molecule has 1 aromatic carbocycles. The fraction of sp³-hybridized carbons (Fsp3) is 0.412. The van der Waals surface area contributed by atoms with Crippen LogP contribution in [-0.2, 0) is 11.3 Å². The summed E-state index contributed by atoms with van der Waals surface area (Å²) < 4.78 is 16.0. The molecular formula is C17H23N3O4S. The third kappa shape index (κ3) is 6.08. The number of hydrogen-bond donors (Lipinski definition) is 2. The van der Waals surface area contributed by atoms with Crippen LogP contribution in [0.2, 0.25) is 0 Å². The van der Waals surface area contributed by atoms with Gasteiger partial charge in [0.05, 0.1) is 33.5 Å². The number of aliphatic hydroxyl groups excluding tert-OH is 1. The summed E-state index contributed by atoms with van der Waals surface area (Å²) in [5.41, 5.74) is 7.42. The largest absolute Gasteiger partial charge is 0.493 e. The monoisotopic (exact) mass is 365 g/mol. The van der Waals surface area contributed by atoms with Gasteiger partial charge in [-0.05, 0) is 24.6 Å². The van der Waals surface area contributed by atoms with Crippen molar-refractivity contribution in [2.75, 3.05) is 32.3 Å². The van der Waals surface area contributed by atoms with Crippen molar-refractivity contribution < 1.29 is 19.3 Å². The van der Waals surface area contributed by atoms with E-state index in [-0.39, 0.29) is 6.61 Å². The summed E-state index contributed by atoms with van der Waals surface area (Å²) in [6.07, 6.45) is -0.629. The summed E-state index contributed by atoms with van der Waals surface area (Å²) >= 11 is 1.35. The molecule has 2 rings (SSSR count). The van der Waals surface area contributed by atoms with Gasteiger partial charge in [0.25, 0.3) is 0 Å². The third-order valence-electron chi connectivity index (χ3n) is 3.29. The second-order valence-electron chi connectivity index (χ2n) is 5.39. The summed E-state index contributed by atoms with van der Waals surface area (Å²) in [7, 11) is 3.18. The molecule has 0 saturated carbocycles. The first-order valence-corrected chi connectivity index (χ1v) is 8.71. The normalized spacial score (nSPS) is 12.0. The van der Waals surface area contributed by atoms with E-state index in [1.807, 2.05) is 25.1 Å². The Morgan fingerprint density at radius 1 is 1.16 bits per heavy atom. The van der Waals surface area contributed by atoms with Gasteiger partial charge in [0.15, 0.2) is 16.7 Å². The molecule has 1 unspecified atom stereocenters. The number of hydrogen-bond acceptors (Lipinski definition) is 8. The second-order valence-corrected chi connectivity index (χ2v) is 6.37. The Labute approximate surface area is 151 Å². The van der Waals surface area contributed by atoms with E-state index < -0.39 is 6.10 Å². The van der Waals surface area contributed by atoms with Crippen LogP contribution in [0.5, 0.6) is 11.5 Å². The minimum atomic E-state index is -0.629. The average molecular weight is 365 g/mol. The molecule has 25 heavy (non-hydrogen) atoms. The molecular weight excluding hydrogens is 342 g/mol. The maximum atomic E-state index is 10.0. The lowest BCUT2D eigenvalue weighted by Crippen LogP contribution is -2.18. The van der Waals surface area contributed by atoms with Crippen LogP contribution >= 0.6 is 11.8 Å². The minimum Gasteiger partial charge on any atom is -0.493 e. The summed E-state index contributed by atoms with van der Waals surface area (Å²) in [5.74, 6) is 2.16. The number of ether oxygens (including phenoxy) is 3. The molecule has 0 fully saturated rings. The molecule has 8 heteroatoms. The molecule has 0 aliphatic rings. The summed E-state index contributed by atoms with van der Waals surface area (Å²) in [5, 5.41) is 10.6. The van der Waals surface area contributed by atoms with Gasteiger partial charge in [-0.3, -0.25) is 0 Å². The Bertz CT molecular complexity index is 679. The molecule has 136 valence electrons. The molecule has 3 N–H and O–H groups in total. The summed E-state index contributed by atoms with van der Waals surface area (Å²) in [6, 6.07) is 7.27. The number of benzene rings is 1. The smallest absolute Gasteiger partial charge is 0.189 e. The van der Waals surface area contributed by atoms with Crippen LogP contribution in [0.25, 0.3) is 0 Å². The van der Waals surface area contributed by atoms with Crippen molar-refractivity contribution in [2.45, 2.75) is 24.8 Å². The molecule has 1 heterocycles. The van der Waals surface area contributed by atoms with Crippen molar-refractivity contribution in [3.63, 3.8) is 0 Å². The Balaban J connectivity index is 1.77. The highest BCUT2D eigenvalue weighted by molar-refractivity contribution is 7.99. The van der Waals surface area contributed by atoms with Crippen LogP contribution in [0.15, 0.2) is 29.4 Å². The molecule has 0 aliphatic carbocycles. The van der Waals surface area contributed by atoms with Gasteiger partial charge in [0.2, 0.25) is 0 Å². The van der Waals surface area contributed by atoms with Crippen molar-refractivity contribution in [1.29, 1.82) is 0 Å². The van der Waals surface area contributed by atoms with E-state index in [0.717, 1.165) is 11.3 Å². The van der Waals surface area contributed by atoms with E-state index in [1.54, 1.807) is 20.3 Å². The van der Waals surface area contributed by atoms with E-state index in [0.29, 0.717) is 34.8 Å². The lowest BCUT2D eigenvalue weighted by Gasteiger charge is -2.12. The molecule has 0 bridgehead atoms. The van der Waals surface area contributed by atoms with Gasteiger partial charge < -0.3 is 25.1 Å². The number of methoxy groups -OCH3 is 2. The molecule has 0 radical (unpaired) electrons. The number of aromatic nitrogens is 2. The molecule has 2 aromatic rings. The summed E-state index contributed by atoms with van der Waals surface area (Å²) in [4.78, 5) is 8.38. The zero-order valence-electron chi connectivity index (χ0n) is 14.6. The number of aryl methyl sites for hydroxylation is 1. The Hall–Kier alpha value is -2.03. The topological polar surface area (TPSA) is 99.7 Å².